The number of amides is 2. The highest BCUT2D eigenvalue weighted by molar-refractivity contribution is 6.33. The van der Waals surface area contributed by atoms with E-state index < -0.39 is 0 Å². The van der Waals surface area contributed by atoms with Crippen molar-refractivity contribution in [1.82, 2.24) is 9.80 Å². The molecule has 0 saturated carbocycles. The minimum atomic E-state index is -0.281. The van der Waals surface area contributed by atoms with E-state index in [1.807, 2.05) is 11.9 Å². The van der Waals surface area contributed by atoms with Gasteiger partial charge in [0.05, 0.1) is 23.8 Å². The molecule has 0 aromatic heterocycles. The first-order chi connectivity index (χ1) is 12.8. The van der Waals surface area contributed by atoms with Gasteiger partial charge in [-0.2, -0.15) is 0 Å². The molecule has 0 aliphatic carbocycles. The number of rotatable bonds is 7. The van der Waals surface area contributed by atoms with Gasteiger partial charge in [0.1, 0.15) is 0 Å². The zero-order valence-electron chi connectivity index (χ0n) is 16.3. The van der Waals surface area contributed by atoms with Gasteiger partial charge >= 0.3 is 0 Å². The van der Waals surface area contributed by atoms with Crippen molar-refractivity contribution < 1.29 is 9.59 Å². The Balaban J connectivity index is 1.85. The van der Waals surface area contributed by atoms with E-state index >= 15 is 0 Å². The Kier molecular flexibility index (Phi) is 7.39. The molecule has 0 radical (unpaired) electrons. The molecule has 2 aromatic carbocycles. The monoisotopic (exact) mass is 387 g/mol. The Hall–Kier alpha value is -2.37. The summed E-state index contributed by atoms with van der Waals surface area (Å²) in [5.41, 5.74) is 4.16. The number of aryl methyl sites for hydroxylation is 2. The third-order valence-electron chi connectivity index (χ3n) is 4.30. The number of benzene rings is 2. The number of anilines is 1. The van der Waals surface area contributed by atoms with Gasteiger partial charge in [-0.15, -0.1) is 0 Å². The second-order valence-corrected chi connectivity index (χ2v) is 7.29. The number of nitrogens with zero attached hydrogens (tertiary/aromatic N) is 2. The lowest BCUT2D eigenvalue weighted by atomic mass is 10.1. The van der Waals surface area contributed by atoms with Crippen LogP contribution in [0.15, 0.2) is 42.5 Å². The van der Waals surface area contributed by atoms with Gasteiger partial charge < -0.3 is 10.2 Å². The maximum Gasteiger partial charge on any atom is 0.244 e. The average Bonchev–Trinajstić information content (AvgIpc) is 2.59. The topological polar surface area (TPSA) is 52.7 Å². The van der Waals surface area contributed by atoms with Crippen LogP contribution in [0.1, 0.15) is 16.7 Å². The highest BCUT2D eigenvalue weighted by Crippen LogP contribution is 2.20. The molecule has 5 nitrogen and oxygen atoms in total. The number of hydrogen-bond donors (Lipinski definition) is 1. The first-order valence-electron chi connectivity index (χ1n) is 8.79. The fraction of sp³-hybridized carbons (Fsp3) is 0.333. The van der Waals surface area contributed by atoms with E-state index in [1.165, 1.54) is 21.6 Å². The Morgan fingerprint density at radius 1 is 1.04 bits per heavy atom. The highest BCUT2D eigenvalue weighted by atomic mass is 35.5. The first kappa shape index (κ1) is 20.9. The highest BCUT2D eigenvalue weighted by Gasteiger charge is 2.16. The number of likely N-dealkylation sites (N-methyl/N-ethyl adjacent to an activating group) is 2. The van der Waals surface area contributed by atoms with Crippen molar-refractivity contribution in [3.8, 4) is 0 Å². The summed E-state index contributed by atoms with van der Waals surface area (Å²) in [5, 5.41) is 3.19. The average molecular weight is 388 g/mol. The summed E-state index contributed by atoms with van der Waals surface area (Å²) in [6.07, 6.45) is 0. The summed E-state index contributed by atoms with van der Waals surface area (Å²) in [4.78, 5) is 27.9. The maximum atomic E-state index is 12.4. The van der Waals surface area contributed by atoms with Crippen LogP contribution in [0.2, 0.25) is 5.02 Å². The van der Waals surface area contributed by atoms with Crippen LogP contribution in [-0.4, -0.2) is 48.8 Å². The van der Waals surface area contributed by atoms with Crippen molar-refractivity contribution in [3.05, 3.63) is 64.2 Å². The first-order valence-corrected chi connectivity index (χ1v) is 9.17. The normalized spacial score (nSPS) is 10.7. The van der Waals surface area contributed by atoms with E-state index in [2.05, 4.69) is 37.4 Å². The van der Waals surface area contributed by atoms with Gasteiger partial charge in [-0.05, 0) is 44.2 Å². The summed E-state index contributed by atoms with van der Waals surface area (Å²) >= 11 is 6.03. The van der Waals surface area contributed by atoms with E-state index in [4.69, 9.17) is 11.6 Å². The van der Waals surface area contributed by atoms with Crippen LogP contribution in [0.4, 0.5) is 5.69 Å². The Morgan fingerprint density at radius 2 is 1.74 bits per heavy atom. The molecule has 2 amide bonds. The minimum absolute atomic E-state index is 0.0263. The van der Waals surface area contributed by atoms with E-state index in [0.29, 0.717) is 17.3 Å². The molecule has 0 spiro atoms. The van der Waals surface area contributed by atoms with E-state index in [0.717, 1.165) is 0 Å². The number of para-hydroxylation sites is 1. The van der Waals surface area contributed by atoms with Crippen molar-refractivity contribution in [2.75, 3.05) is 32.5 Å². The summed E-state index contributed by atoms with van der Waals surface area (Å²) in [6.45, 7) is 5.03. The Morgan fingerprint density at radius 3 is 2.41 bits per heavy atom. The van der Waals surface area contributed by atoms with Gasteiger partial charge in [-0.1, -0.05) is 47.5 Å². The number of halogens is 1. The van der Waals surface area contributed by atoms with Gasteiger partial charge in [-0.25, -0.2) is 0 Å². The Labute approximate surface area is 165 Å². The van der Waals surface area contributed by atoms with Crippen molar-refractivity contribution in [2.24, 2.45) is 0 Å². The van der Waals surface area contributed by atoms with Crippen molar-refractivity contribution >= 4 is 29.1 Å². The predicted octanol–water partition coefficient (Wildman–Crippen LogP) is 3.49. The second-order valence-electron chi connectivity index (χ2n) is 6.88. The summed E-state index contributed by atoms with van der Waals surface area (Å²) < 4.78 is 0. The zero-order chi connectivity index (χ0) is 20.0. The second kappa shape index (κ2) is 9.53. The molecule has 6 heteroatoms. The van der Waals surface area contributed by atoms with Crippen LogP contribution >= 0.6 is 11.6 Å². The molecule has 27 heavy (non-hydrogen) atoms. The fourth-order valence-corrected chi connectivity index (χ4v) is 2.96. The summed E-state index contributed by atoms with van der Waals surface area (Å²) in [7, 11) is 3.52. The number of carbonyl (C=O) groups is 2. The number of hydrogen-bond acceptors (Lipinski definition) is 3. The molecule has 0 saturated heterocycles. The van der Waals surface area contributed by atoms with Gasteiger partial charge in [0.15, 0.2) is 0 Å². The van der Waals surface area contributed by atoms with Crippen molar-refractivity contribution in [1.29, 1.82) is 0 Å². The lowest BCUT2D eigenvalue weighted by Gasteiger charge is -2.22. The SMILES string of the molecule is Cc1ccc(CN(C)CC(=O)N(C)CC(=O)Nc2ccccc2Cl)c(C)c1. The lowest BCUT2D eigenvalue weighted by molar-refractivity contribution is -0.134. The largest absolute Gasteiger partial charge is 0.335 e. The molecular formula is C21H26ClN3O2. The van der Waals surface area contributed by atoms with Gasteiger partial charge in [0.2, 0.25) is 11.8 Å². The third-order valence-corrected chi connectivity index (χ3v) is 4.63. The molecule has 0 atom stereocenters. The lowest BCUT2D eigenvalue weighted by Crippen LogP contribution is -2.40. The molecule has 0 fully saturated rings. The van der Waals surface area contributed by atoms with Crippen LogP contribution in [0.3, 0.4) is 0 Å². The quantitative estimate of drug-likeness (QED) is 0.791. The summed E-state index contributed by atoms with van der Waals surface area (Å²) in [6, 6.07) is 13.3. The molecule has 0 aliphatic heterocycles. The van der Waals surface area contributed by atoms with Crippen LogP contribution in [0, 0.1) is 13.8 Å². The van der Waals surface area contributed by atoms with E-state index in [1.54, 1.807) is 31.3 Å². The zero-order valence-corrected chi connectivity index (χ0v) is 17.0. The molecule has 0 aliphatic rings. The standard InChI is InChI=1S/C21H26ClN3O2/c1-15-9-10-17(16(2)11-15)12-24(3)14-21(27)25(4)13-20(26)23-19-8-6-5-7-18(19)22/h5-11H,12-14H2,1-4H3,(H,23,26). The molecular weight excluding hydrogens is 362 g/mol. The fourth-order valence-electron chi connectivity index (χ4n) is 2.78. The molecule has 0 unspecified atom stereocenters. The third kappa shape index (κ3) is 6.38. The van der Waals surface area contributed by atoms with E-state index in [-0.39, 0.29) is 24.9 Å². The van der Waals surface area contributed by atoms with Gasteiger partial charge in [-0.3, -0.25) is 14.5 Å². The predicted molar refractivity (Wildman–Crippen MR) is 110 cm³/mol. The molecule has 0 heterocycles. The minimum Gasteiger partial charge on any atom is -0.335 e. The number of nitrogens with one attached hydrogen (secondary N) is 1. The molecule has 2 aromatic rings. The van der Waals surface area contributed by atoms with Crippen LogP contribution < -0.4 is 5.32 Å². The number of carbonyl (C=O) groups excluding carboxylic acids is 2. The maximum absolute atomic E-state index is 12.4. The van der Waals surface area contributed by atoms with Crippen molar-refractivity contribution in [3.63, 3.8) is 0 Å². The van der Waals surface area contributed by atoms with Gasteiger partial charge in [0, 0.05) is 13.6 Å². The molecule has 1 N–H and O–H groups in total. The Bertz CT molecular complexity index is 823. The van der Waals surface area contributed by atoms with Crippen LogP contribution in [0.25, 0.3) is 0 Å². The van der Waals surface area contributed by atoms with Crippen LogP contribution in [-0.2, 0) is 16.1 Å². The van der Waals surface area contributed by atoms with Crippen molar-refractivity contribution in [2.45, 2.75) is 20.4 Å². The molecule has 2 rings (SSSR count). The van der Waals surface area contributed by atoms with E-state index in [9.17, 15) is 9.59 Å². The van der Waals surface area contributed by atoms with Crippen LogP contribution in [0.5, 0.6) is 0 Å². The van der Waals surface area contributed by atoms with Gasteiger partial charge in [0.25, 0.3) is 0 Å². The summed E-state index contributed by atoms with van der Waals surface area (Å²) in [5.74, 6) is -0.396. The smallest absolute Gasteiger partial charge is 0.244 e. The molecule has 0 bridgehead atoms. The molecule has 144 valence electrons.